The molecule has 0 amide bonds. The minimum absolute atomic E-state index is 0.147. The van der Waals surface area contributed by atoms with Crippen LogP contribution in [-0.4, -0.2) is 11.8 Å². The maximum Gasteiger partial charge on any atom is 0.107 e. The van der Waals surface area contributed by atoms with E-state index in [0.717, 1.165) is 24.4 Å². The van der Waals surface area contributed by atoms with Gasteiger partial charge >= 0.3 is 0 Å². The second-order valence-corrected chi connectivity index (χ2v) is 4.65. The number of carbonyl (C=O) groups excluding carboxylic acids is 1. The summed E-state index contributed by atoms with van der Waals surface area (Å²) in [4.78, 5) is 15.6. The van der Waals surface area contributed by atoms with Gasteiger partial charge in [-0.1, -0.05) is 36.4 Å². The minimum Gasteiger partial charge on any atom is -0.545 e. The van der Waals surface area contributed by atoms with Crippen LogP contribution in [0, 0.1) is 0 Å². The van der Waals surface area contributed by atoms with E-state index in [1.807, 2.05) is 18.2 Å². The van der Waals surface area contributed by atoms with E-state index in [1.54, 1.807) is 18.2 Å². The summed E-state index contributed by atoms with van der Waals surface area (Å²) < 4.78 is 0. The molecular weight excluding hydrogens is 252 g/mol. The Labute approximate surface area is 116 Å². The summed E-state index contributed by atoms with van der Waals surface area (Å²) >= 11 is 0. The molecule has 1 aliphatic heterocycles. The van der Waals surface area contributed by atoms with E-state index in [1.165, 1.54) is 11.6 Å². The van der Waals surface area contributed by atoms with Gasteiger partial charge in [-0.2, -0.15) is 0 Å². The standard InChI is InChI=1S/C16H14N2O2/c19-16(20)12-6-2-4-8-14(12)18-15-10-9-11-5-1-3-7-13(11)17-15/h1-8H,9-10H2,(H,17,18)(H,19,20)/p-1. The van der Waals surface area contributed by atoms with Gasteiger partial charge in [0.2, 0.25) is 0 Å². The Hall–Kier alpha value is -2.62. The Kier molecular flexibility index (Phi) is 3.21. The highest BCUT2D eigenvalue weighted by molar-refractivity contribution is 6.03. The van der Waals surface area contributed by atoms with Crippen molar-refractivity contribution < 1.29 is 9.90 Å². The number of para-hydroxylation sites is 2. The molecule has 4 heteroatoms. The number of hydrogen-bond acceptors (Lipinski definition) is 4. The Morgan fingerprint density at radius 2 is 1.80 bits per heavy atom. The molecule has 1 aliphatic rings. The molecule has 0 bridgehead atoms. The molecule has 3 rings (SSSR count). The van der Waals surface area contributed by atoms with Crippen molar-refractivity contribution in [2.24, 2.45) is 4.99 Å². The monoisotopic (exact) mass is 265 g/mol. The lowest BCUT2D eigenvalue weighted by Gasteiger charge is -2.18. The highest BCUT2D eigenvalue weighted by Gasteiger charge is 2.12. The topological polar surface area (TPSA) is 64.5 Å². The molecule has 20 heavy (non-hydrogen) atoms. The van der Waals surface area contributed by atoms with Crippen LogP contribution < -0.4 is 10.4 Å². The summed E-state index contributed by atoms with van der Waals surface area (Å²) in [6, 6.07) is 14.7. The average molecular weight is 265 g/mol. The number of rotatable bonds is 2. The number of aliphatic imine (C=N–C) groups is 1. The van der Waals surface area contributed by atoms with Crippen LogP contribution in [-0.2, 0) is 6.42 Å². The summed E-state index contributed by atoms with van der Waals surface area (Å²) in [5, 5.41) is 14.2. The molecule has 0 saturated heterocycles. The normalized spacial score (nSPS) is 13.3. The van der Waals surface area contributed by atoms with E-state index in [0.29, 0.717) is 5.69 Å². The van der Waals surface area contributed by atoms with E-state index in [2.05, 4.69) is 16.4 Å². The Morgan fingerprint density at radius 3 is 2.65 bits per heavy atom. The molecule has 2 aromatic rings. The van der Waals surface area contributed by atoms with Gasteiger partial charge in [0.1, 0.15) is 5.84 Å². The van der Waals surface area contributed by atoms with Crippen molar-refractivity contribution in [3.63, 3.8) is 0 Å². The van der Waals surface area contributed by atoms with Crippen molar-refractivity contribution >= 4 is 23.2 Å². The Balaban J connectivity index is 1.90. The van der Waals surface area contributed by atoms with Crippen LogP contribution in [0.2, 0.25) is 0 Å². The molecule has 100 valence electrons. The number of carbonyl (C=O) groups is 1. The van der Waals surface area contributed by atoms with Gasteiger partial charge in [-0.25, -0.2) is 4.99 Å². The van der Waals surface area contributed by atoms with Gasteiger partial charge in [0.25, 0.3) is 0 Å². The predicted molar refractivity (Wildman–Crippen MR) is 76.3 cm³/mol. The van der Waals surface area contributed by atoms with Crippen LogP contribution in [0.1, 0.15) is 22.3 Å². The molecule has 1 N–H and O–H groups in total. The van der Waals surface area contributed by atoms with Crippen LogP contribution in [0.15, 0.2) is 53.5 Å². The smallest absolute Gasteiger partial charge is 0.107 e. The lowest BCUT2D eigenvalue weighted by Crippen LogP contribution is -2.25. The maximum atomic E-state index is 11.1. The van der Waals surface area contributed by atoms with Crippen molar-refractivity contribution in [1.82, 2.24) is 0 Å². The highest BCUT2D eigenvalue weighted by atomic mass is 16.4. The van der Waals surface area contributed by atoms with E-state index >= 15 is 0 Å². The number of benzene rings is 2. The number of carboxylic acids is 1. The zero-order valence-corrected chi connectivity index (χ0v) is 10.8. The van der Waals surface area contributed by atoms with E-state index in [-0.39, 0.29) is 5.56 Å². The van der Waals surface area contributed by atoms with Gasteiger partial charge in [0.05, 0.1) is 11.7 Å². The second kappa shape index (κ2) is 5.17. The van der Waals surface area contributed by atoms with Gasteiger partial charge in [0, 0.05) is 17.7 Å². The second-order valence-electron chi connectivity index (χ2n) is 4.65. The first-order valence-electron chi connectivity index (χ1n) is 6.47. The zero-order chi connectivity index (χ0) is 13.9. The predicted octanol–water partition coefficient (Wildman–Crippen LogP) is 2.14. The fourth-order valence-corrected chi connectivity index (χ4v) is 2.30. The lowest BCUT2D eigenvalue weighted by molar-refractivity contribution is -0.254. The molecule has 0 spiro atoms. The number of hydrogen-bond donors (Lipinski definition) is 1. The number of aromatic carboxylic acids is 1. The van der Waals surface area contributed by atoms with E-state index in [4.69, 9.17) is 0 Å². The number of carboxylic acid groups (broad SMARTS) is 1. The SMILES string of the molecule is O=C([O-])c1ccccc1NC1=Nc2ccccc2CC1. The first-order chi connectivity index (χ1) is 9.74. The summed E-state index contributed by atoms with van der Waals surface area (Å²) in [6.45, 7) is 0. The van der Waals surface area contributed by atoms with Gasteiger partial charge < -0.3 is 15.2 Å². The quantitative estimate of drug-likeness (QED) is 0.904. The molecular formula is C16H13N2O2-. The van der Waals surface area contributed by atoms with E-state index < -0.39 is 5.97 Å². The first kappa shape index (κ1) is 12.4. The molecule has 0 fully saturated rings. The van der Waals surface area contributed by atoms with Crippen LogP contribution in [0.4, 0.5) is 11.4 Å². The molecule has 0 atom stereocenters. The van der Waals surface area contributed by atoms with Crippen LogP contribution in [0.3, 0.4) is 0 Å². The third kappa shape index (κ3) is 2.40. The molecule has 0 unspecified atom stereocenters. The Morgan fingerprint density at radius 1 is 1.05 bits per heavy atom. The molecule has 4 nitrogen and oxygen atoms in total. The first-order valence-corrected chi connectivity index (χ1v) is 6.47. The summed E-state index contributed by atoms with van der Waals surface area (Å²) in [7, 11) is 0. The maximum absolute atomic E-state index is 11.1. The van der Waals surface area contributed by atoms with Crippen LogP contribution in [0.5, 0.6) is 0 Å². The third-order valence-electron chi connectivity index (χ3n) is 3.30. The van der Waals surface area contributed by atoms with E-state index in [9.17, 15) is 9.90 Å². The average Bonchev–Trinajstić information content (AvgIpc) is 2.47. The van der Waals surface area contributed by atoms with Crippen LogP contribution in [0.25, 0.3) is 0 Å². The third-order valence-corrected chi connectivity index (χ3v) is 3.30. The molecule has 0 aliphatic carbocycles. The number of amidine groups is 1. The van der Waals surface area contributed by atoms with Gasteiger partial charge in [-0.15, -0.1) is 0 Å². The van der Waals surface area contributed by atoms with Gasteiger partial charge in [0.15, 0.2) is 0 Å². The fourth-order valence-electron chi connectivity index (χ4n) is 2.30. The lowest BCUT2D eigenvalue weighted by atomic mass is 10.0. The molecule has 1 heterocycles. The van der Waals surface area contributed by atoms with Gasteiger partial charge in [-0.3, -0.25) is 0 Å². The zero-order valence-electron chi connectivity index (χ0n) is 10.8. The van der Waals surface area contributed by atoms with Crippen molar-refractivity contribution in [3.05, 3.63) is 59.7 Å². The molecule has 2 aromatic carbocycles. The number of nitrogens with zero attached hydrogens (tertiary/aromatic N) is 1. The summed E-state index contributed by atoms with van der Waals surface area (Å²) in [6.07, 6.45) is 1.66. The fraction of sp³-hybridized carbons (Fsp3) is 0.125. The summed E-state index contributed by atoms with van der Waals surface area (Å²) in [5.74, 6) is -0.415. The minimum atomic E-state index is -1.19. The number of fused-ring (bicyclic) bond motifs is 1. The number of nitrogens with one attached hydrogen (secondary N) is 1. The summed E-state index contributed by atoms with van der Waals surface area (Å²) in [5.41, 5.74) is 2.82. The molecule has 0 aromatic heterocycles. The van der Waals surface area contributed by atoms with Crippen molar-refractivity contribution in [1.29, 1.82) is 0 Å². The van der Waals surface area contributed by atoms with Crippen molar-refractivity contribution in [2.75, 3.05) is 5.32 Å². The van der Waals surface area contributed by atoms with Gasteiger partial charge in [-0.05, 0) is 24.1 Å². The van der Waals surface area contributed by atoms with Crippen molar-refractivity contribution in [3.8, 4) is 0 Å². The number of aryl methyl sites for hydroxylation is 1. The number of anilines is 1. The highest BCUT2D eigenvalue weighted by Crippen LogP contribution is 2.26. The molecule has 0 saturated carbocycles. The Bertz CT molecular complexity index is 692. The van der Waals surface area contributed by atoms with Crippen molar-refractivity contribution in [2.45, 2.75) is 12.8 Å². The molecule has 0 radical (unpaired) electrons. The largest absolute Gasteiger partial charge is 0.545 e. The van der Waals surface area contributed by atoms with Crippen LogP contribution >= 0.6 is 0 Å².